The second kappa shape index (κ2) is 23.3. The number of aromatic nitrogens is 2. The van der Waals surface area contributed by atoms with Crippen LogP contribution in [0.3, 0.4) is 0 Å². The fraction of sp³-hybridized carbons (Fsp3) is 0.364. The molecule has 2 aliphatic heterocycles. The zero-order valence-electron chi connectivity index (χ0n) is 36.6. The summed E-state index contributed by atoms with van der Waals surface area (Å²) in [6, 6.07) is 24.3. The van der Waals surface area contributed by atoms with Crippen molar-refractivity contribution in [2.45, 2.75) is 48.2 Å². The van der Waals surface area contributed by atoms with Gasteiger partial charge >= 0.3 is 11.9 Å². The molecule has 2 aromatic heterocycles. The number of pyridine rings is 2. The SMILES string of the molecule is CCOC(=O)c1cc(C#N)c(N2CC(C(=O)NS(=O)(=O)Cc3ccccc3)C2)nc1SC.CCOC(=O)c1cc(C#N)c(N2CCC(C(=O)NS(=O)(=O)Cc3ccccc3)CC2)nc1SC. The Labute approximate surface area is 392 Å². The maximum atomic E-state index is 12.6. The number of nitrogens with zero attached hydrogens (tertiary/aromatic N) is 6. The monoisotopic (exact) mass is 976 g/mol. The van der Waals surface area contributed by atoms with E-state index in [-0.39, 0.29) is 60.1 Å². The molecule has 4 aromatic rings. The topological polar surface area (TPSA) is 259 Å². The molecule has 2 amide bonds. The lowest BCUT2D eigenvalue weighted by Gasteiger charge is -2.39. The number of benzene rings is 2. The van der Waals surface area contributed by atoms with Gasteiger partial charge in [0.15, 0.2) is 0 Å². The summed E-state index contributed by atoms with van der Waals surface area (Å²) < 4.78 is 63.8. The van der Waals surface area contributed by atoms with Crippen molar-refractivity contribution in [3.05, 3.63) is 106 Å². The number of anilines is 2. The smallest absolute Gasteiger partial charge is 0.340 e. The second-order valence-electron chi connectivity index (χ2n) is 14.8. The number of amides is 2. The molecule has 22 heteroatoms. The molecule has 0 atom stereocenters. The van der Waals surface area contributed by atoms with Crippen LogP contribution in [-0.2, 0) is 50.6 Å². The summed E-state index contributed by atoms with van der Waals surface area (Å²) in [5.41, 5.74) is 2.06. The summed E-state index contributed by atoms with van der Waals surface area (Å²) in [7, 11) is -7.62. The van der Waals surface area contributed by atoms with Crippen LogP contribution in [0.4, 0.5) is 11.6 Å². The number of sulfonamides is 2. The number of nitrogens with one attached hydrogen (secondary N) is 2. The van der Waals surface area contributed by atoms with Crippen LogP contribution in [0.1, 0.15) is 69.7 Å². The Morgan fingerprint density at radius 3 is 1.44 bits per heavy atom. The van der Waals surface area contributed by atoms with E-state index in [0.717, 1.165) is 0 Å². The third-order valence-corrected chi connectivity index (χ3v) is 14.0. The van der Waals surface area contributed by atoms with Crippen LogP contribution in [0, 0.1) is 34.5 Å². The Balaban J connectivity index is 0.000000248. The number of thioether (sulfide) groups is 2. The molecule has 66 heavy (non-hydrogen) atoms. The summed E-state index contributed by atoms with van der Waals surface area (Å²) in [6.07, 6.45) is 4.36. The lowest BCUT2D eigenvalue weighted by molar-refractivity contribution is -0.124. The molecule has 0 unspecified atom stereocenters. The molecule has 4 heterocycles. The van der Waals surface area contributed by atoms with E-state index in [4.69, 9.17) is 9.47 Å². The highest BCUT2D eigenvalue weighted by Gasteiger charge is 2.37. The molecule has 2 aliphatic rings. The Kier molecular flexibility index (Phi) is 17.9. The Bertz CT molecular complexity index is 2720. The number of nitriles is 2. The van der Waals surface area contributed by atoms with E-state index < -0.39 is 55.6 Å². The lowest BCUT2D eigenvalue weighted by atomic mass is 9.96. The lowest BCUT2D eigenvalue weighted by Crippen LogP contribution is -2.55. The number of carbonyl (C=O) groups is 4. The van der Waals surface area contributed by atoms with Gasteiger partial charge in [0.25, 0.3) is 0 Å². The molecular weight excluding hydrogens is 929 g/mol. The van der Waals surface area contributed by atoms with E-state index in [1.165, 1.54) is 35.7 Å². The normalized spacial score (nSPS) is 14.0. The fourth-order valence-electron chi connectivity index (χ4n) is 6.95. The number of rotatable bonds is 16. The predicted octanol–water partition coefficient (Wildman–Crippen LogP) is 4.65. The van der Waals surface area contributed by atoms with Crippen molar-refractivity contribution in [2.24, 2.45) is 11.8 Å². The molecule has 6 rings (SSSR count). The standard InChI is InChI=1S/C23H26N4O5S2.C21H22N4O5S2/c1-3-32-23(29)19-13-18(14-24)20(25-22(19)33-2)27-11-9-17(10-12-27)21(28)26-34(30,31)15-16-7-5-4-6-8-16;1-3-30-21(27)17-9-15(10-22)18(23-20(17)31-2)25-11-16(12-25)19(26)24-32(28,29)13-14-7-5-4-6-8-14/h4-8,13,17H,3,9-12,15H2,1-2H3,(H,26,28);4-9,16H,3,11-13H2,1-2H3,(H,24,26). The zero-order chi connectivity index (χ0) is 48.0. The summed E-state index contributed by atoms with van der Waals surface area (Å²) in [5, 5.41) is 20.0. The fourth-order valence-corrected chi connectivity index (χ4v) is 10.4. The van der Waals surface area contributed by atoms with Gasteiger partial charge in [0.2, 0.25) is 31.9 Å². The van der Waals surface area contributed by atoms with Crippen molar-refractivity contribution in [2.75, 3.05) is 61.7 Å². The van der Waals surface area contributed by atoms with Gasteiger partial charge in [0.05, 0.1) is 52.9 Å². The van der Waals surface area contributed by atoms with Crippen LogP contribution >= 0.6 is 23.5 Å². The molecule has 0 spiro atoms. The van der Waals surface area contributed by atoms with Gasteiger partial charge in [0, 0.05) is 32.1 Å². The van der Waals surface area contributed by atoms with Gasteiger partial charge < -0.3 is 19.3 Å². The first kappa shape index (κ1) is 50.8. The quantitative estimate of drug-likeness (QED) is 0.114. The number of carbonyl (C=O) groups excluding carboxylic acids is 4. The minimum atomic E-state index is -3.82. The first-order valence-corrected chi connectivity index (χ1v) is 26.3. The molecular formula is C44H48N8O10S4. The van der Waals surface area contributed by atoms with Gasteiger partial charge in [0.1, 0.15) is 33.8 Å². The summed E-state index contributed by atoms with van der Waals surface area (Å²) in [5.74, 6) is -3.00. The van der Waals surface area contributed by atoms with Gasteiger partial charge in [-0.05, 0) is 62.5 Å². The van der Waals surface area contributed by atoms with E-state index in [1.807, 2.05) is 11.0 Å². The van der Waals surface area contributed by atoms with Crippen molar-refractivity contribution in [1.82, 2.24) is 19.4 Å². The summed E-state index contributed by atoms with van der Waals surface area (Å²) in [4.78, 5) is 62.0. The maximum absolute atomic E-state index is 12.6. The summed E-state index contributed by atoms with van der Waals surface area (Å²) >= 11 is 2.52. The number of hydrogen-bond donors (Lipinski definition) is 2. The first-order valence-electron chi connectivity index (χ1n) is 20.5. The number of esters is 2. The maximum Gasteiger partial charge on any atom is 0.340 e. The molecule has 2 saturated heterocycles. The van der Waals surface area contributed by atoms with Crippen molar-refractivity contribution in [1.29, 1.82) is 10.5 Å². The molecule has 0 saturated carbocycles. The molecule has 0 aliphatic carbocycles. The number of ether oxygens (including phenoxy) is 2. The van der Waals surface area contributed by atoms with Gasteiger partial charge in [-0.15, -0.1) is 23.5 Å². The molecule has 0 bridgehead atoms. The molecule has 2 fully saturated rings. The molecule has 2 N–H and O–H groups in total. The molecule has 18 nitrogen and oxygen atoms in total. The largest absolute Gasteiger partial charge is 0.462 e. The van der Waals surface area contributed by atoms with Gasteiger partial charge in [-0.25, -0.2) is 36.4 Å². The van der Waals surface area contributed by atoms with E-state index >= 15 is 0 Å². The van der Waals surface area contributed by atoms with Gasteiger partial charge in [-0.2, -0.15) is 10.5 Å². The van der Waals surface area contributed by atoms with E-state index in [0.29, 0.717) is 58.7 Å². The van der Waals surface area contributed by atoms with Crippen LogP contribution in [0.25, 0.3) is 0 Å². The third-order valence-electron chi connectivity index (χ3n) is 10.2. The van der Waals surface area contributed by atoms with Crippen LogP contribution in [0.5, 0.6) is 0 Å². The highest BCUT2D eigenvalue weighted by Crippen LogP contribution is 2.32. The highest BCUT2D eigenvalue weighted by molar-refractivity contribution is 7.98. The first-order chi connectivity index (χ1) is 31.5. The van der Waals surface area contributed by atoms with Gasteiger partial charge in [-0.1, -0.05) is 60.7 Å². The summed E-state index contributed by atoms with van der Waals surface area (Å²) in [6.45, 7) is 5.07. The van der Waals surface area contributed by atoms with E-state index in [1.54, 1.807) is 91.9 Å². The third kappa shape index (κ3) is 13.4. The van der Waals surface area contributed by atoms with Crippen LogP contribution in [-0.4, -0.2) is 102 Å². The predicted molar refractivity (Wildman–Crippen MR) is 248 cm³/mol. The van der Waals surface area contributed by atoms with Crippen molar-refractivity contribution >= 4 is 79.0 Å². The Morgan fingerprint density at radius 1 is 0.667 bits per heavy atom. The van der Waals surface area contributed by atoms with Crippen LogP contribution in [0.2, 0.25) is 0 Å². The van der Waals surface area contributed by atoms with Crippen LogP contribution < -0.4 is 19.2 Å². The second-order valence-corrected chi connectivity index (χ2v) is 19.8. The highest BCUT2D eigenvalue weighted by atomic mass is 32.2. The molecule has 2 aromatic carbocycles. The number of hydrogen-bond acceptors (Lipinski definition) is 18. The van der Waals surface area contributed by atoms with E-state index in [9.17, 15) is 46.5 Å². The molecule has 348 valence electrons. The average Bonchev–Trinajstić information content (AvgIpc) is 3.28. The van der Waals surface area contributed by atoms with Crippen molar-refractivity contribution in [3.63, 3.8) is 0 Å². The molecule has 0 radical (unpaired) electrons. The Hall–Kier alpha value is -6.20. The van der Waals surface area contributed by atoms with Crippen molar-refractivity contribution < 1.29 is 45.5 Å². The minimum Gasteiger partial charge on any atom is -0.462 e. The zero-order valence-corrected chi connectivity index (χ0v) is 39.8. The average molecular weight is 977 g/mol. The van der Waals surface area contributed by atoms with Crippen LogP contribution in [0.15, 0.2) is 82.8 Å². The number of piperidine rings is 1. The minimum absolute atomic E-state index is 0.182. The van der Waals surface area contributed by atoms with E-state index in [2.05, 4.69) is 25.5 Å². The Morgan fingerprint density at radius 2 is 1.06 bits per heavy atom. The van der Waals surface area contributed by atoms with Gasteiger partial charge in [-0.3, -0.25) is 19.0 Å². The van der Waals surface area contributed by atoms with Crippen molar-refractivity contribution in [3.8, 4) is 12.1 Å².